The van der Waals surface area contributed by atoms with Crippen LogP contribution in [0.5, 0.6) is 0 Å². The largest absolute Gasteiger partial charge is 0.309 e. The van der Waals surface area contributed by atoms with Crippen LogP contribution in [0.3, 0.4) is 0 Å². The molecule has 0 bridgehead atoms. The maximum absolute atomic E-state index is 12.8. The van der Waals surface area contributed by atoms with Crippen LogP contribution in [0.1, 0.15) is 34.0 Å². The summed E-state index contributed by atoms with van der Waals surface area (Å²) in [6.45, 7) is 6.47. The molecule has 0 fully saturated rings. The molecule has 1 amide bonds. The fourth-order valence-electron chi connectivity index (χ4n) is 2.87. The zero-order valence-electron chi connectivity index (χ0n) is 12.5. The number of carbonyl (C=O) groups excluding carboxylic acids is 1. The predicted octanol–water partition coefficient (Wildman–Crippen LogP) is 3.26. The van der Waals surface area contributed by atoms with Crippen molar-refractivity contribution in [1.29, 1.82) is 0 Å². The third kappa shape index (κ3) is 2.57. The summed E-state index contributed by atoms with van der Waals surface area (Å²) in [7, 11) is 0. The Kier molecular flexibility index (Phi) is 3.76. The minimum Gasteiger partial charge on any atom is -0.309 e. The molecule has 0 aromatic heterocycles. The van der Waals surface area contributed by atoms with Crippen LogP contribution in [0.15, 0.2) is 42.5 Å². The number of anilines is 1. The number of benzene rings is 2. The zero-order chi connectivity index (χ0) is 14.8. The van der Waals surface area contributed by atoms with Crippen molar-refractivity contribution >= 4 is 11.6 Å². The standard InChI is InChI=1S/C18H20N2O/c1-3-20(17-7-5-4-6-13(17)2)18(21)14-8-9-15-11-19-12-16(15)10-14/h4-10,19H,3,11-12H2,1-2H3. The quantitative estimate of drug-likeness (QED) is 0.936. The van der Waals surface area contributed by atoms with E-state index in [0.717, 1.165) is 29.9 Å². The Morgan fingerprint density at radius 1 is 1.14 bits per heavy atom. The maximum atomic E-state index is 12.8. The van der Waals surface area contributed by atoms with Gasteiger partial charge in [-0.2, -0.15) is 0 Å². The van der Waals surface area contributed by atoms with Crippen molar-refractivity contribution in [3.63, 3.8) is 0 Å². The molecule has 1 N–H and O–H groups in total. The highest BCUT2D eigenvalue weighted by Crippen LogP contribution is 2.23. The number of nitrogens with one attached hydrogen (secondary N) is 1. The average molecular weight is 280 g/mol. The van der Waals surface area contributed by atoms with Crippen LogP contribution in [0.25, 0.3) is 0 Å². The molecular formula is C18H20N2O. The first kappa shape index (κ1) is 13.8. The summed E-state index contributed by atoms with van der Waals surface area (Å²) in [4.78, 5) is 14.7. The van der Waals surface area contributed by atoms with E-state index in [2.05, 4.69) is 11.4 Å². The van der Waals surface area contributed by atoms with Crippen LogP contribution in [-0.2, 0) is 13.1 Å². The molecule has 3 rings (SSSR count). The van der Waals surface area contributed by atoms with E-state index in [1.165, 1.54) is 11.1 Å². The lowest BCUT2D eigenvalue weighted by atomic mass is 10.0. The van der Waals surface area contributed by atoms with Crippen LogP contribution in [-0.4, -0.2) is 12.5 Å². The van der Waals surface area contributed by atoms with Gasteiger partial charge in [-0.25, -0.2) is 0 Å². The second kappa shape index (κ2) is 5.70. The fourth-order valence-corrected chi connectivity index (χ4v) is 2.87. The second-order valence-electron chi connectivity index (χ2n) is 5.42. The van der Waals surface area contributed by atoms with Crippen LogP contribution in [0.2, 0.25) is 0 Å². The minimum absolute atomic E-state index is 0.0708. The van der Waals surface area contributed by atoms with Gasteiger partial charge in [-0.15, -0.1) is 0 Å². The third-order valence-electron chi connectivity index (χ3n) is 4.05. The maximum Gasteiger partial charge on any atom is 0.258 e. The van der Waals surface area contributed by atoms with Gasteiger partial charge in [0.05, 0.1) is 0 Å². The number of para-hydroxylation sites is 1. The zero-order valence-corrected chi connectivity index (χ0v) is 12.5. The molecule has 1 aliphatic heterocycles. The number of rotatable bonds is 3. The van der Waals surface area contributed by atoms with Crippen molar-refractivity contribution < 1.29 is 4.79 Å². The number of hydrogen-bond donors (Lipinski definition) is 1. The van der Waals surface area contributed by atoms with Gasteiger partial charge >= 0.3 is 0 Å². The molecule has 21 heavy (non-hydrogen) atoms. The van der Waals surface area contributed by atoms with Gasteiger partial charge in [0.15, 0.2) is 0 Å². The Hall–Kier alpha value is -2.13. The van der Waals surface area contributed by atoms with Gasteiger partial charge in [0.1, 0.15) is 0 Å². The predicted molar refractivity (Wildman–Crippen MR) is 85.5 cm³/mol. The molecule has 108 valence electrons. The molecule has 1 aliphatic rings. The summed E-state index contributed by atoms with van der Waals surface area (Å²) in [6, 6.07) is 14.1. The van der Waals surface area contributed by atoms with E-state index in [1.54, 1.807) is 0 Å². The molecule has 0 atom stereocenters. The molecule has 0 unspecified atom stereocenters. The molecule has 0 saturated carbocycles. The third-order valence-corrected chi connectivity index (χ3v) is 4.05. The van der Waals surface area contributed by atoms with Gasteiger partial charge < -0.3 is 10.2 Å². The molecule has 3 heteroatoms. The van der Waals surface area contributed by atoms with Crippen LogP contribution in [0, 0.1) is 6.92 Å². The molecule has 0 aliphatic carbocycles. The van der Waals surface area contributed by atoms with E-state index in [9.17, 15) is 4.79 Å². The molecule has 2 aromatic carbocycles. The monoisotopic (exact) mass is 280 g/mol. The smallest absolute Gasteiger partial charge is 0.258 e. The highest BCUT2D eigenvalue weighted by atomic mass is 16.2. The van der Waals surface area contributed by atoms with Crippen molar-refractivity contribution in [2.45, 2.75) is 26.9 Å². The first-order valence-electron chi connectivity index (χ1n) is 7.40. The Labute approximate surface area is 125 Å². The molecule has 2 aromatic rings. The van der Waals surface area contributed by atoms with Crippen molar-refractivity contribution in [3.05, 3.63) is 64.7 Å². The summed E-state index contributed by atoms with van der Waals surface area (Å²) in [5.74, 6) is 0.0708. The SMILES string of the molecule is CCN(C(=O)c1ccc2c(c1)CNC2)c1ccccc1C. The number of carbonyl (C=O) groups is 1. The lowest BCUT2D eigenvalue weighted by Crippen LogP contribution is -2.31. The van der Waals surface area contributed by atoms with Gasteiger partial charge in [0, 0.05) is 30.9 Å². The van der Waals surface area contributed by atoms with Crippen molar-refractivity contribution in [2.24, 2.45) is 0 Å². The summed E-state index contributed by atoms with van der Waals surface area (Å²) in [6.07, 6.45) is 0. The van der Waals surface area contributed by atoms with Crippen LogP contribution in [0.4, 0.5) is 5.69 Å². The first-order chi connectivity index (χ1) is 10.2. The molecule has 0 saturated heterocycles. The van der Waals surface area contributed by atoms with E-state index in [-0.39, 0.29) is 5.91 Å². The number of aryl methyl sites for hydroxylation is 1. The first-order valence-corrected chi connectivity index (χ1v) is 7.40. The molecule has 1 heterocycles. The summed E-state index contributed by atoms with van der Waals surface area (Å²) < 4.78 is 0. The van der Waals surface area contributed by atoms with Gasteiger partial charge in [-0.1, -0.05) is 24.3 Å². The van der Waals surface area contributed by atoms with Crippen molar-refractivity contribution in [2.75, 3.05) is 11.4 Å². The summed E-state index contributed by atoms with van der Waals surface area (Å²) in [5, 5.41) is 3.31. The van der Waals surface area contributed by atoms with Gasteiger partial charge in [-0.05, 0) is 48.7 Å². The highest BCUT2D eigenvalue weighted by molar-refractivity contribution is 6.06. The van der Waals surface area contributed by atoms with E-state index < -0.39 is 0 Å². The Morgan fingerprint density at radius 2 is 1.90 bits per heavy atom. The van der Waals surface area contributed by atoms with E-state index in [0.29, 0.717) is 6.54 Å². The van der Waals surface area contributed by atoms with Crippen LogP contribution < -0.4 is 10.2 Å². The van der Waals surface area contributed by atoms with Crippen LogP contribution >= 0.6 is 0 Å². The van der Waals surface area contributed by atoms with Gasteiger partial charge in [-0.3, -0.25) is 4.79 Å². The van der Waals surface area contributed by atoms with E-state index in [1.807, 2.05) is 55.1 Å². The minimum atomic E-state index is 0.0708. The lowest BCUT2D eigenvalue weighted by Gasteiger charge is -2.23. The van der Waals surface area contributed by atoms with Crippen molar-refractivity contribution in [3.8, 4) is 0 Å². The number of fused-ring (bicyclic) bond motifs is 1. The number of amides is 1. The lowest BCUT2D eigenvalue weighted by molar-refractivity contribution is 0.0988. The topological polar surface area (TPSA) is 32.3 Å². The highest BCUT2D eigenvalue weighted by Gasteiger charge is 2.19. The van der Waals surface area contributed by atoms with Gasteiger partial charge in [0.25, 0.3) is 5.91 Å². The van der Waals surface area contributed by atoms with E-state index >= 15 is 0 Å². The normalized spacial score (nSPS) is 13.0. The molecule has 3 nitrogen and oxygen atoms in total. The molecular weight excluding hydrogens is 260 g/mol. The van der Waals surface area contributed by atoms with Gasteiger partial charge in [0.2, 0.25) is 0 Å². The Balaban J connectivity index is 1.94. The summed E-state index contributed by atoms with van der Waals surface area (Å²) >= 11 is 0. The molecule has 0 radical (unpaired) electrons. The molecule has 0 spiro atoms. The van der Waals surface area contributed by atoms with Crippen molar-refractivity contribution in [1.82, 2.24) is 5.32 Å². The Bertz CT molecular complexity index is 679. The second-order valence-corrected chi connectivity index (χ2v) is 5.42. The average Bonchev–Trinajstić information content (AvgIpc) is 2.97. The summed E-state index contributed by atoms with van der Waals surface area (Å²) in [5.41, 5.74) is 5.41. The Morgan fingerprint density at radius 3 is 2.67 bits per heavy atom. The van der Waals surface area contributed by atoms with E-state index in [4.69, 9.17) is 0 Å². The number of nitrogens with zero attached hydrogens (tertiary/aromatic N) is 1. The fraction of sp³-hybridized carbons (Fsp3) is 0.278. The number of hydrogen-bond acceptors (Lipinski definition) is 2.